The summed E-state index contributed by atoms with van der Waals surface area (Å²) in [4.78, 5) is 0. The Labute approximate surface area is 78.9 Å². The lowest BCUT2D eigenvalue weighted by molar-refractivity contribution is 0.983. The second-order valence-corrected chi connectivity index (χ2v) is 3.14. The Morgan fingerprint density at radius 1 is 1.25 bits per heavy atom. The molecule has 0 radical (unpaired) electrons. The molecule has 0 spiro atoms. The quantitative estimate of drug-likeness (QED) is 0.620. The van der Waals surface area contributed by atoms with Crippen LogP contribution in [-0.2, 0) is 0 Å². The standard InChI is InChI=1S/C11H13Cl/c1-10(6-5-9-12)11-7-3-2-4-8-11/h2-4,7-8H,1,5-6,9H2. The molecule has 0 fully saturated rings. The van der Waals surface area contributed by atoms with E-state index in [4.69, 9.17) is 11.6 Å². The van der Waals surface area contributed by atoms with Crippen molar-refractivity contribution in [3.63, 3.8) is 0 Å². The fourth-order valence-electron chi connectivity index (χ4n) is 1.10. The van der Waals surface area contributed by atoms with Crippen LogP contribution in [0, 0.1) is 0 Å². The van der Waals surface area contributed by atoms with E-state index in [2.05, 4.69) is 18.7 Å². The summed E-state index contributed by atoms with van der Waals surface area (Å²) in [6.45, 7) is 4.00. The van der Waals surface area contributed by atoms with Crippen LogP contribution in [-0.4, -0.2) is 5.88 Å². The summed E-state index contributed by atoms with van der Waals surface area (Å²) in [6, 6.07) is 10.2. The number of rotatable bonds is 4. The molecule has 0 aliphatic carbocycles. The largest absolute Gasteiger partial charge is 0.127 e. The van der Waals surface area contributed by atoms with E-state index in [0.29, 0.717) is 5.88 Å². The average Bonchev–Trinajstić information content (AvgIpc) is 2.15. The minimum absolute atomic E-state index is 0.714. The van der Waals surface area contributed by atoms with Gasteiger partial charge >= 0.3 is 0 Å². The maximum Gasteiger partial charge on any atom is 0.0226 e. The van der Waals surface area contributed by atoms with E-state index in [0.717, 1.165) is 12.8 Å². The Morgan fingerprint density at radius 3 is 2.50 bits per heavy atom. The van der Waals surface area contributed by atoms with Crippen LogP contribution in [0.4, 0.5) is 0 Å². The minimum Gasteiger partial charge on any atom is -0.127 e. The highest BCUT2D eigenvalue weighted by atomic mass is 35.5. The van der Waals surface area contributed by atoms with Gasteiger partial charge < -0.3 is 0 Å². The predicted octanol–water partition coefficient (Wildman–Crippen LogP) is 3.72. The lowest BCUT2D eigenvalue weighted by atomic mass is 10.0. The molecule has 0 N–H and O–H groups in total. The first kappa shape index (κ1) is 9.34. The van der Waals surface area contributed by atoms with Crippen LogP contribution < -0.4 is 0 Å². The summed E-state index contributed by atoms with van der Waals surface area (Å²) < 4.78 is 0. The third kappa shape index (κ3) is 2.71. The van der Waals surface area contributed by atoms with Crippen LogP contribution >= 0.6 is 11.6 Å². The predicted molar refractivity (Wildman–Crippen MR) is 55.4 cm³/mol. The number of allylic oxidation sites excluding steroid dienone is 1. The molecule has 1 rings (SSSR count). The van der Waals surface area contributed by atoms with E-state index in [1.165, 1.54) is 11.1 Å². The smallest absolute Gasteiger partial charge is 0.0226 e. The first-order valence-corrected chi connectivity index (χ1v) is 4.67. The summed E-state index contributed by atoms with van der Waals surface area (Å²) in [6.07, 6.45) is 2.00. The molecule has 0 saturated carbocycles. The third-order valence-corrected chi connectivity index (χ3v) is 2.06. The first-order valence-electron chi connectivity index (χ1n) is 4.14. The molecule has 0 nitrogen and oxygen atoms in total. The van der Waals surface area contributed by atoms with Gasteiger partial charge in [-0.3, -0.25) is 0 Å². The zero-order valence-electron chi connectivity index (χ0n) is 7.09. The van der Waals surface area contributed by atoms with Gasteiger partial charge in [0.05, 0.1) is 0 Å². The molecule has 0 amide bonds. The fraction of sp³-hybridized carbons (Fsp3) is 0.273. The molecule has 64 valence electrons. The van der Waals surface area contributed by atoms with Gasteiger partial charge in [-0.25, -0.2) is 0 Å². The van der Waals surface area contributed by atoms with Gasteiger partial charge in [-0.15, -0.1) is 11.6 Å². The topological polar surface area (TPSA) is 0 Å². The molecule has 0 bridgehead atoms. The molecule has 1 aromatic rings. The summed E-state index contributed by atoms with van der Waals surface area (Å²) >= 11 is 5.59. The van der Waals surface area contributed by atoms with E-state index in [9.17, 15) is 0 Å². The Bertz CT molecular complexity index is 238. The lowest BCUT2D eigenvalue weighted by Crippen LogP contribution is -1.83. The number of benzene rings is 1. The molecule has 0 aromatic heterocycles. The van der Waals surface area contributed by atoms with Crippen molar-refractivity contribution in [3.8, 4) is 0 Å². The molecule has 0 aliphatic rings. The number of halogens is 1. The van der Waals surface area contributed by atoms with Crippen molar-refractivity contribution >= 4 is 17.2 Å². The Balaban J connectivity index is 2.54. The van der Waals surface area contributed by atoms with Crippen molar-refractivity contribution in [2.24, 2.45) is 0 Å². The van der Waals surface area contributed by atoms with Crippen LogP contribution in [0.5, 0.6) is 0 Å². The molecule has 1 heteroatoms. The van der Waals surface area contributed by atoms with Gasteiger partial charge in [0.2, 0.25) is 0 Å². The second-order valence-electron chi connectivity index (χ2n) is 2.76. The molecule has 1 aromatic carbocycles. The van der Waals surface area contributed by atoms with Crippen LogP contribution in [0.3, 0.4) is 0 Å². The Morgan fingerprint density at radius 2 is 1.92 bits per heavy atom. The zero-order chi connectivity index (χ0) is 8.81. The molecule has 0 saturated heterocycles. The maximum atomic E-state index is 5.59. The third-order valence-electron chi connectivity index (χ3n) is 1.79. The molecule has 0 aliphatic heterocycles. The molecular weight excluding hydrogens is 168 g/mol. The highest BCUT2D eigenvalue weighted by Crippen LogP contribution is 2.16. The zero-order valence-corrected chi connectivity index (χ0v) is 7.85. The summed E-state index contributed by atoms with van der Waals surface area (Å²) in [5.41, 5.74) is 2.40. The van der Waals surface area contributed by atoms with E-state index >= 15 is 0 Å². The van der Waals surface area contributed by atoms with Gasteiger partial charge in [-0.2, -0.15) is 0 Å². The highest BCUT2D eigenvalue weighted by Gasteiger charge is 1.96. The van der Waals surface area contributed by atoms with Crippen molar-refractivity contribution in [2.75, 3.05) is 5.88 Å². The van der Waals surface area contributed by atoms with Gasteiger partial charge in [0, 0.05) is 5.88 Å². The normalized spacial score (nSPS) is 9.75. The Hall–Kier alpha value is -0.750. The minimum atomic E-state index is 0.714. The van der Waals surface area contributed by atoms with E-state index < -0.39 is 0 Å². The number of hydrogen-bond acceptors (Lipinski definition) is 0. The van der Waals surface area contributed by atoms with Crippen molar-refractivity contribution in [2.45, 2.75) is 12.8 Å². The molecule has 0 atom stereocenters. The van der Waals surface area contributed by atoms with Gasteiger partial charge in [0.15, 0.2) is 0 Å². The first-order chi connectivity index (χ1) is 5.84. The van der Waals surface area contributed by atoms with Crippen molar-refractivity contribution in [3.05, 3.63) is 42.5 Å². The monoisotopic (exact) mass is 180 g/mol. The Kier molecular flexibility index (Phi) is 3.89. The number of hydrogen-bond donors (Lipinski definition) is 0. The van der Waals surface area contributed by atoms with Gasteiger partial charge in [-0.05, 0) is 24.0 Å². The fourth-order valence-corrected chi connectivity index (χ4v) is 1.23. The van der Waals surface area contributed by atoms with Crippen LogP contribution in [0.25, 0.3) is 5.57 Å². The molecular formula is C11H13Cl. The SMILES string of the molecule is C=C(CCCCl)c1ccccc1. The highest BCUT2D eigenvalue weighted by molar-refractivity contribution is 6.17. The maximum absolute atomic E-state index is 5.59. The summed E-state index contributed by atoms with van der Waals surface area (Å²) in [5, 5.41) is 0. The van der Waals surface area contributed by atoms with Crippen LogP contribution in [0.1, 0.15) is 18.4 Å². The second kappa shape index (κ2) is 5.00. The summed E-state index contributed by atoms with van der Waals surface area (Å²) in [5.74, 6) is 0.714. The van der Waals surface area contributed by atoms with Gasteiger partial charge in [0.1, 0.15) is 0 Å². The lowest BCUT2D eigenvalue weighted by Gasteiger charge is -2.03. The van der Waals surface area contributed by atoms with Gasteiger partial charge in [-0.1, -0.05) is 36.9 Å². The van der Waals surface area contributed by atoms with E-state index in [1.54, 1.807) is 0 Å². The average molecular weight is 181 g/mol. The van der Waals surface area contributed by atoms with E-state index in [-0.39, 0.29) is 0 Å². The van der Waals surface area contributed by atoms with E-state index in [1.807, 2.05) is 18.2 Å². The molecule has 12 heavy (non-hydrogen) atoms. The number of alkyl halides is 1. The van der Waals surface area contributed by atoms with Crippen molar-refractivity contribution in [1.82, 2.24) is 0 Å². The van der Waals surface area contributed by atoms with Crippen LogP contribution in [0.2, 0.25) is 0 Å². The molecule has 0 unspecified atom stereocenters. The van der Waals surface area contributed by atoms with Gasteiger partial charge in [0.25, 0.3) is 0 Å². The van der Waals surface area contributed by atoms with Crippen LogP contribution in [0.15, 0.2) is 36.9 Å². The summed E-state index contributed by atoms with van der Waals surface area (Å²) in [7, 11) is 0. The van der Waals surface area contributed by atoms with Crippen molar-refractivity contribution in [1.29, 1.82) is 0 Å². The van der Waals surface area contributed by atoms with Crippen molar-refractivity contribution < 1.29 is 0 Å². The molecule has 0 heterocycles.